The zero-order chi connectivity index (χ0) is 18.8. The van der Waals surface area contributed by atoms with E-state index in [1.807, 2.05) is 19.1 Å². The molecule has 136 valence electrons. The van der Waals surface area contributed by atoms with E-state index in [0.29, 0.717) is 15.8 Å². The summed E-state index contributed by atoms with van der Waals surface area (Å²) >= 11 is 1.27. The molecule has 1 aromatic carbocycles. The number of aromatic nitrogens is 3. The van der Waals surface area contributed by atoms with Crippen LogP contribution in [0, 0.1) is 24.1 Å². The van der Waals surface area contributed by atoms with Gasteiger partial charge in [-0.25, -0.2) is 14.4 Å². The Morgan fingerprint density at radius 2 is 2.07 bits per heavy atom. The van der Waals surface area contributed by atoms with Gasteiger partial charge in [0.1, 0.15) is 22.6 Å². The number of benzene rings is 1. The van der Waals surface area contributed by atoms with E-state index < -0.39 is 0 Å². The molecule has 6 nitrogen and oxygen atoms in total. The number of thiazole rings is 1. The van der Waals surface area contributed by atoms with Crippen LogP contribution in [0.25, 0.3) is 0 Å². The molecule has 0 radical (unpaired) electrons. The van der Waals surface area contributed by atoms with E-state index >= 15 is 0 Å². The summed E-state index contributed by atoms with van der Waals surface area (Å²) in [5, 5.41) is 12.7. The Balaban J connectivity index is 1.61. The van der Waals surface area contributed by atoms with E-state index in [0.717, 1.165) is 36.5 Å². The number of halogens is 1. The molecule has 1 aliphatic rings. The minimum Gasteiger partial charge on any atom is -0.348 e. The van der Waals surface area contributed by atoms with Gasteiger partial charge in [0.25, 0.3) is 0 Å². The molecular weight excluding hydrogens is 363 g/mol. The van der Waals surface area contributed by atoms with Gasteiger partial charge in [0, 0.05) is 6.54 Å². The van der Waals surface area contributed by atoms with E-state index in [1.54, 1.807) is 6.20 Å². The van der Waals surface area contributed by atoms with Crippen molar-refractivity contribution in [2.75, 3.05) is 16.8 Å². The second-order valence-electron chi connectivity index (χ2n) is 6.33. The van der Waals surface area contributed by atoms with Crippen LogP contribution in [-0.2, 0) is 0 Å². The summed E-state index contributed by atoms with van der Waals surface area (Å²) < 4.78 is 13.3. The van der Waals surface area contributed by atoms with Crippen molar-refractivity contribution in [2.24, 2.45) is 0 Å². The quantitative estimate of drug-likeness (QED) is 0.726. The Kier molecular flexibility index (Phi) is 4.69. The van der Waals surface area contributed by atoms with Gasteiger partial charge in [-0.3, -0.25) is 4.98 Å². The van der Waals surface area contributed by atoms with Crippen molar-refractivity contribution < 1.29 is 4.39 Å². The van der Waals surface area contributed by atoms with Crippen LogP contribution in [0.4, 0.5) is 21.2 Å². The topological polar surface area (TPSA) is 77.7 Å². The first kappa shape index (κ1) is 17.4. The average Bonchev–Trinajstić information content (AvgIpc) is 3.33. The highest BCUT2D eigenvalue weighted by atomic mass is 32.1. The Morgan fingerprint density at radius 3 is 2.81 bits per heavy atom. The van der Waals surface area contributed by atoms with Gasteiger partial charge in [0.2, 0.25) is 0 Å². The predicted octanol–water partition coefficient (Wildman–Crippen LogP) is 4.34. The minimum atomic E-state index is -0.231. The lowest BCUT2D eigenvalue weighted by atomic mass is 10.0. The summed E-state index contributed by atoms with van der Waals surface area (Å²) in [6.45, 7) is 2.74. The molecule has 1 aliphatic heterocycles. The average molecular weight is 380 g/mol. The first-order chi connectivity index (χ1) is 13.1. The summed E-state index contributed by atoms with van der Waals surface area (Å²) in [5.74, 6) is 1.16. The van der Waals surface area contributed by atoms with Crippen LogP contribution in [0.1, 0.15) is 35.0 Å². The lowest BCUT2D eigenvalue weighted by Crippen LogP contribution is -2.24. The SMILES string of the molecule is Cc1ncc(N2CCCC2c2ccc(F)cc2)nc1Nc1ncc(C#N)s1. The largest absolute Gasteiger partial charge is 0.348 e. The molecule has 8 heteroatoms. The summed E-state index contributed by atoms with van der Waals surface area (Å²) in [6, 6.07) is 8.88. The molecule has 4 rings (SSSR count). The number of nitrogens with one attached hydrogen (secondary N) is 1. The number of aryl methyl sites for hydroxylation is 1. The normalized spacial score (nSPS) is 16.3. The third kappa shape index (κ3) is 3.59. The third-order valence-electron chi connectivity index (χ3n) is 4.59. The molecule has 2 aromatic heterocycles. The summed E-state index contributed by atoms with van der Waals surface area (Å²) in [4.78, 5) is 16.1. The highest BCUT2D eigenvalue weighted by Crippen LogP contribution is 2.36. The smallest absolute Gasteiger partial charge is 0.189 e. The second kappa shape index (κ2) is 7.29. The summed E-state index contributed by atoms with van der Waals surface area (Å²) in [5.41, 5.74) is 1.83. The van der Waals surface area contributed by atoms with Crippen LogP contribution in [0.15, 0.2) is 36.7 Å². The third-order valence-corrected chi connectivity index (χ3v) is 5.40. The number of rotatable bonds is 4. The monoisotopic (exact) mass is 380 g/mol. The summed E-state index contributed by atoms with van der Waals surface area (Å²) in [6.07, 6.45) is 5.33. The first-order valence-corrected chi connectivity index (χ1v) is 9.44. The number of anilines is 3. The number of hydrogen-bond acceptors (Lipinski definition) is 7. The maximum absolute atomic E-state index is 13.3. The standard InChI is InChI=1S/C19H17FN6S/c1-12-18(25-19-23-10-15(9-21)27-19)24-17(11-22-12)26-8-2-3-16(26)13-4-6-14(20)7-5-13/h4-7,10-11,16H,2-3,8H2,1H3,(H,23,24,25). The van der Waals surface area contributed by atoms with E-state index in [9.17, 15) is 4.39 Å². The maximum Gasteiger partial charge on any atom is 0.189 e. The molecule has 3 heterocycles. The van der Waals surface area contributed by atoms with Crippen molar-refractivity contribution >= 4 is 28.1 Å². The zero-order valence-electron chi connectivity index (χ0n) is 14.7. The molecule has 27 heavy (non-hydrogen) atoms. The number of nitrogens with zero attached hydrogens (tertiary/aromatic N) is 5. The van der Waals surface area contributed by atoms with Gasteiger partial charge in [-0.2, -0.15) is 5.26 Å². The van der Waals surface area contributed by atoms with Crippen molar-refractivity contribution in [1.82, 2.24) is 15.0 Å². The highest BCUT2D eigenvalue weighted by molar-refractivity contribution is 7.16. The molecule has 0 bridgehead atoms. The van der Waals surface area contributed by atoms with Crippen molar-refractivity contribution in [3.63, 3.8) is 0 Å². The number of nitriles is 1. The molecular formula is C19H17FN6S. The fraction of sp³-hybridized carbons (Fsp3) is 0.263. The van der Waals surface area contributed by atoms with Crippen LogP contribution in [-0.4, -0.2) is 21.5 Å². The number of hydrogen-bond donors (Lipinski definition) is 1. The molecule has 0 spiro atoms. The lowest BCUT2D eigenvalue weighted by Gasteiger charge is -2.26. The van der Waals surface area contributed by atoms with Crippen LogP contribution in [0.3, 0.4) is 0 Å². The maximum atomic E-state index is 13.3. The Hall–Kier alpha value is -3.05. The lowest BCUT2D eigenvalue weighted by molar-refractivity contribution is 0.624. The minimum absolute atomic E-state index is 0.153. The van der Waals surface area contributed by atoms with Crippen LogP contribution < -0.4 is 10.2 Å². The van der Waals surface area contributed by atoms with Gasteiger partial charge < -0.3 is 10.2 Å². The van der Waals surface area contributed by atoms with E-state index in [1.165, 1.54) is 29.7 Å². The van der Waals surface area contributed by atoms with Gasteiger partial charge in [0.15, 0.2) is 10.9 Å². The highest BCUT2D eigenvalue weighted by Gasteiger charge is 2.27. The molecule has 1 fully saturated rings. The molecule has 3 aromatic rings. The predicted molar refractivity (Wildman–Crippen MR) is 103 cm³/mol. The van der Waals surface area contributed by atoms with Crippen molar-refractivity contribution in [2.45, 2.75) is 25.8 Å². The van der Waals surface area contributed by atoms with E-state index in [-0.39, 0.29) is 11.9 Å². The molecule has 0 saturated carbocycles. The Morgan fingerprint density at radius 1 is 1.26 bits per heavy atom. The van der Waals surface area contributed by atoms with Gasteiger partial charge in [0.05, 0.1) is 24.1 Å². The first-order valence-electron chi connectivity index (χ1n) is 8.63. The Labute approximate surface area is 160 Å². The molecule has 1 unspecified atom stereocenters. The van der Waals surface area contributed by atoms with Crippen molar-refractivity contribution in [3.05, 3.63) is 58.6 Å². The van der Waals surface area contributed by atoms with Crippen molar-refractivity contribution in [1.29, 1.82) is 5.26 Å². The molecule has 1 atom stereocenters. The van der Waals surface area contributed by atoms with Crippen LogP contribution in [0.5, 0.6) is 0 Å². The molecule has 0 amide bonds. The second-order valence-corrected chi connectivity index (χ2v) is 7.36. The molecule has 1 N–H and O–H groups in total. The van der Waals surface area contributed by atoms with Gasteiger partial charge in [-0.05, 0) is 37.5 Å². The zero-order valence-corrected chi connectivity index (χ0v) is 15.5. The van der Waals surface area contributed by atoms with Crippen LogP contribution in [0.2, 0.25) is 0 Å². The van der Waals surface area contributed by atoms with E-state index in [2.05, 4.69) is 26.3 Å². The molecule has 1 saturated heterocycles. The molecule has 0 aliphatic carbocycles. The fourth-order valence-electron chi connectivity index (χ4n) is 3.25. The van der Waals surface area contributed by atoms with Gasteiger partial charge in [-0.1, -0.05) is 23.5 Å². The van der Waals surface area contributed by atoms with E-state index in [4.69, 9.17) is 10.2 Å². The van der Waals surface area contributed by atoms with Gasteiger partial charge in [-0.15, -0.1) is 0 Å². The fourth-order valence-corrected chi connectivity index (χ4v) is 3.87. The van der Waals surface area contributed by atoms with Crippen molar-refractivity contribution in [3.8, 4) is 6.07 Å². The van der Waals surface area contributed by atoms with Crippen LogP contribution >= 0.6 is 11.3 Å². The summed E-state index contributed by atoms with van der Waals surface area (Å²) in [7, 11) is 0. The Bertz CT molecular complexity index is 994. The van der Waals surface area contributed by atoms with Gasteiger partial charge >= 0.3 is 0 Å².